The third-order valence-corrected chi connectivity index (χ3v) is 5.53. The average molecular weight is 412 g/mol. The summed E-state index contributed by atoms with van der Waals surface area (Å²) in [5.74, 6) is 1.31. The molecule has 3 heterocycles. The van der Waals surface area contributed by atoms with Gasteiger partial charge >= 0.3 is 5.69 Å². The van der Waals surface area contributed by atoms with Gasteiger partial charge in [0.2, 0.25) is 5.91 Å². The molecule has 1 aromatic carbocycles. The van der Waals surface area contributed by atoms with Crippen LogP contribution in [0.2, 0.25) is 0 Å². The highest BCUT2D eigenvalue weighted by Gasteiger charge is 2.22. The number of carbonyl (C=O) groups is 1. The van der Waals surface area contributed by atoms with Crippen LogP contribution in [0.4, 0.5) is 4.39 Å². The molecule has 0 radical (unpaired) electrons. The highest BCUT2D eigenvalue weighted by atomic mass is 19.1. The summed E-state index contributed by atoms with van der Waals surface area (Å²) in [5, 5.41) is 7.56. The van der Waals surface area contributed by atoms with E-state index < -0.39 is 0 Å². The number of halogens is 1. The van der Waals surface area contributed by atoms with Crippen molar-refractivity contribution in [2.75, 3.05) is 0 Å². The Balaban J connectivity index is 1.33. The van der Waals surface area contributed by atoms with Crippen molar-refractivity contribution in [2.24, 2.45) is 0 Å². The average Bonchev–Trinajstić information content (AvgIpc) is 3.20. The van der Waals surface area contributed by atoms with Gasteiger partial charge in [-0.05, 0) is 37.5 Å². The van der Waals surface area contributed by atoms with E-state index in [0.29, 0.717) is 38.9 Å². The zero-order valence-electron chi connectivity index (χ0n) is 16.9. The van der Waals surface area contributed by atoms with E-state index >= 15 is 0 Å². The van der Waals surface area contributed by atoms with Crippen LogP contribution in [0.15, 0.2) is 41.5 Å². The lowest BCUT2D eigenvalue weighted by Gasteiger charge is -2.16. The number of fused-ring (bicyclic) bond motifs is 1. The molecular formula is C21H25FN6O2. The molecule has 2 aromatic heterocycles. The molecule has 0 saturated carbocycles. The van der Waals surface area contributed by atoms with E-state index in [9.17, 15) is 14.0 Å². The fourth-order valence-corrected chi connectivity index (χ4v) is 3.80. The Labute approximate surface area is 173 Å². The summed E-state index contributed by atoms with van der Waals surface area (Å²) in [6.45, 7) is 3.34. The fourth-order valence-electron chi connectivity index (χ4n) is 3.80. The Morgan fingerprint density at radius 2 is 2.07 bits per heavy atom. The Hall–Kier alpha value is -3.23. The van der Waals surface area contributed by atoms with E-state index in [2.05, 4.69) is 15.4 Å². The molecule has 3 aromatic rings. The number of imidazole rings is 1. The number of rotatable bonds is 6. The number of benzene rings is 1. The maximum absolute atomic E-state index is 13.1. The number of hydrogen-bond acceptors (Lipinski definition) is 4. The Kier molecular flexibility index (Phi) is 5.78. The summed E-state index contributed by atoms with van der Waals surface area (Å²) in [6.07, 6.45) is 6.03. The minimum absolute atomic E-state index is 0.00126. The SMILES string of the molecule is Cc1nccn1CCC(=O)NC1CCc2nn(Cc3ccc(F)cc3)c(=O)n2CC1. The minimum atomic E-state index is -0.306. The summed E-state index contributed by atoms with van der Waals surface area (Å²) in [6, 6.07) is 6.09. The van der Waals surface area contributed by atoms with Gasteiger partial charge in [0.25, 0.3) is 0 Å². The smallest absolute Gasteiger partial charge is 0.346 e. The molecule has 30 heavy (non-hydrogen) atoms. The quantitative estimate of drug-likeness (QED) is 0.667. The van der Waals surface area contributed by atoms with Crippen molar-refractivity contribution in [3.05, 3.63) is 70.2 Å². The van der Waals surface area contributed by atoms with Crippen LogP contribution < -0.4 is 11.0 Å². The standard InChI is InChI=1S/C21H25FN6O2/c1-15-23-10-13-26(15)11-9-20(29)24-18-6-7-19-25-28(21(30)27(19)12-8-18)14-16-2-4-17(22)5-3-16/h2-5,10,13,18H,6-9,11-12,14H2,1H3,(H,24,29). The first-order valence-electron chi connectivity index (χ1n) is 10.2. The lowest BCUT2D eigenvalue weighted by Crippen LogP contribution is -2.36. The summed E-state index contributed by atoms with van der Waals surface area (Å²) in [7, 11) is 0. The van der Waals surface area contributed by atoms with E-state index in [0.717, 1.165) is 23.6 Å². The van der Waals surface area contributed by atoms with Crippen LogP contribution in [0.1, 0.15) is 36.5 Å². The van der Waals surface area contributed by atoms with Crippen LogP contribution in [0.5, 0.6) is 0 Å². The second-order valence-corrected chi connectivity index (χ2v) is 7.64. The zero-order valence-corrected chi connectivity index (χ0v) is 16.9. The topological polar surface area (TPSA) is 86.7 Å². The van der Waals surface area contributed by atoms with Crippen LogP contribution in [0, 0.1) is 12.7 Å². The second kappa shape index (κ2) is 8.64. The van der Waals surface area contributed by atoms with Crippen molar-refractivity contribution in [2.45, 2.75) is 58.3 Å². The van der Waals surface area contributed by atoms with Crippen molar-refractivity contribution in [1.82, 2.24) is 29.2 Å². The molecule has 1 atom stereocenters. The molecule has 8 nitrogen and oxygen atoms in total. The minimum Gasteiger partial charge on any atom is -0.353 e. The molecule has 1 unspecified atom stereocenters. The Bertz CT molecular complexity index is 1080. The Morgan fingerprint density at radius 1 is 1.27 bits per heavy atom. The Morgan fingerprint density at radius 3 is 2.80 bits per heavy atom. The lowest BCUT2D eigenvalue weighted by atomic mass is 10.1. The van der Waals surface area contributed by atoms with Gasteiger partial charge in [-0.25, -0.2) is 18.9 Å². The van der Waals surface area contributed by atoms with Crippen LogP contribution in [-0.2, 0) is 30.8 Å². The number of nitrogens with one attached hydrogen (secondary N) is 1. The highest BCUT2D eigenvalue weighted by Crippen LogP contribution is 2.13. The van der Waals surface area contributed by atoms with Gasteiger partial charge in [0.15, 0.2) is 0 Å². The van der Waals surface area contributed by atoms with Gasteiger partial charge in [0, 0.05) is 44.4 Å². The van der Waals surface area contributed by atoms with Gasteiger partial charge in [-0.15, -0.1) is 0 Å². The van der Waals surface area contributed by atoms with E-state index in [4.69, 9.17) is 0 Å². The lowest BCUT2D eigenvalue weighted by molar-refractivity contribution is -0.122. The number of carbonyl (C=O) groups excluding carboxylic acids is 1. The third-order valence-electron chi connectivity index (χ3n) is 5.53. The van der Waals surface area contributed by atoms with Gasteiger partial charge in [-0.2, -0.15) is 5.10 Å². The molecule has 0 bridgehead atoms. The summed E-state index contributed by atoms with van der Waals surface area (Å²) < 4.78 is 18.1. The highest BCUT2D eigenvalue weighted by molar-refractivity contribution is 5.76. The van der Waals surface area contributed by atoms with Crippen molar-refractivity contribution >= 4 is 5.91 Å². The number of aromatic nitrogens is 5. The van der Waals surface area contributed by atoms with E-state index in [1.54, 1.807) is 22.9 Å². The second-order valence-electron chi connectivity index (χ2n) is 7.64. The number of aryl methyl sites for hydroxylation is 3. The van der Waals surface area contributed by atoms with Crippen LogP contribution in [0.3, 0.4) is 0 Å². The van der Waals surface area contributed by atoms with E-state index in [1.165, 1.54) is 16.8 Å². The van der Waals surface area contributed by atoms with Crippen molar-refractivity contribution in [3.63, 3.8) is 0 Å². The molecule has 1 N–H and O–H groups in total. The predicted octanol–water partition coefficient (Wildman–Crippen LogP) is 1.65. The summed E-state index contributed by atoms with van der Waals surface area (Å²) >= 11 is 0. The first-order chi connectivity index (χ1) is 14.5. The molecule has 1 amide bonds. The van der Waals surface area contributed by atoms with Gasteiger partial charge < -0.3 is 9.88 Å². The normalized spacial score (nSPS) is 16.1. The molecular weight excluding hydrogens is 387 g/mol. The monoisotopic (exact) mass is 412 g/mol. The third kappa shape index (κ3) is 4.50. The number of amides is 1. The summed E-state index contributed by atoms with van der Waals surface area (Å²) in [4.78, 5) is 29.2. The number of hydrogen-bond donors (Lipinski definition) is 1. The van der Waals surface area contributed by atoms with Crippen LogP contribution in [-0.4, -0.2) is 35.8 Å². The van der Waals surface area contributed by atoms with Gasteiger partial charge in [0.05, 0.1) is 6.54 Å². The molecule has 0 aliphatic carbocycles. The van der Waals surface area contributed by atoms with Gasteiger partial charge in [-0.3, -0.25) is 9.36 Å². The van der Waals surface area contributed by atoms with Gasteiger partial charge in [-0.1, -0.05) is 12.1 Å². The molecule has 4 rings (SSSR count). The maximum Gasteiger partial charge on any atom is 0.346 e. The molecule has 0 fully saturated rings. The van der Waals surface area contributed by atoms with Crippen molar-refractivity contribution < 1.29 is 9.18 Å². The molecule has 9 heteroatoms. The number of nitrogens with zero attached hydrogens (tertiary/aromatic N) is 5. The first kappa shape index (κ1) is 20.1. The zero-order chi connectivity index (χ0) is 21.1. The van der Waals surface area contributed by atoms with E-state index in [1.807, 2.05) is 17.7 Å². The fraction of sp³-hybridized carbons (Fsp3) is 0.429. The van der Waals surface area contributed by atoms with Crippen molar-refractivity contribution in [3.8, 4) is 0 Å². The summed E-state index contributed by atoms with van der Waals surface area (Å²) in [5.41, 5.74) is 0.655. The van der Waals surface area contributed by atoms with Crippen molar-refractivity contribution in [1.29, 1.82) is 0 Å². The van der Waals surface area contributed by atoms with Crippen LogP contribution in [0.25, 0.3) is 0 Å². The molecule has 1 aliphatic heterocycles. The van der Waals surface area contributed by atoms with E-state index in [-0.39, 0.29) is 23.5 Å². The molecule has 1 aliphatic rings. The van der Waals surface area contributed by atoms with Crippen LogP contribution >= 0.6 is 0 Å². The first-order valence-corrected chi connectivity index (χ1v) is 10.2. The largest absolute Gasteiger partial charge is 0.353 e. The molecule has 158 valence electrons. The predicted molar refractivity (Wildman–Crippen MR) is 108 cm³/mol. The maximum atomic E-state index is 13.1. The van der Waals surface area contributed by atoms with Gasteiger partial charge in [0.1, 0.15) is 17.5 Å². The molecule has 0 saturated heterocycles. The molecule has 0 spiro atoms.